The van der Waals surface area contributed by atoms with E-state index < -0.39 is 5.91 Å². The van der Waals surface area contributed by atoms with Gasteiger partial charge in [0.05, 0.1) is 5.69 Å². The molecule has 1 fully saturated rings. The summed E-state index contributed by atoms with van der Waals surface area (Å²) in [6.07, 6.45) is 0.420. The van der Waals surface area contributed by atoms with Crippen molar-refractivity contribution in [2.45, 2.75) is 19.8 Å². The highest BCUT2D eigenvalue weighted by molar-refractivity contribution is 6.20. The van der Waals surface area contributed by atoms with E-state index in [1.807, 2.05) is 31.2 Å². The van der Waals surface area contributed by atoms with Gasteiger partial charge in [0.25, 0.3) is 5.91 Å². The van der Waals surface area contributed by atoms with Gasteiger partial charge in [0.15, 0.2) is 0 Å². The van der Waals surface area contributed by atoms with Crippen molar-refractivity contribution in [3.05, 3.63) is 59.7 Å². The summed E-state index contributed by atoms with van der Waals surface area (Å²) < 4.78 is 5.48. The molecule has 28 heavy (non-hydrogen) atoms. The maximum atomic E-state index is 12.4. The van der Waals surface area contributed by atoms with Crippen LogP contribution in [0.5, 0.6) is 0 Å². The van der Waals surface area contributed by atoms with Gasteiger partial charge in [0.2, 0.25) is 17.7 Å². The molecule has 4 rings (SSSR count). The largest absolute Gasteiger partial charge is 0.403 e. The average molecular weight is 376 g/mol. The summed E-state index contributed by atoms with van der Waals surface area (Å²) in [7, 11) is 0. The number of benzene rings is 2. The highest BCUT2D eigenvalue weighted by Crippen LogP contribution is 2.24. The minimum Gasteiger partial charge on any atom is -0.403 e. The van der Waals surface area contributed by atoms with Crippen molar-refractivity contribution in [1.82, 2.24) is 10.2 Å². The van der Waals surface area contributed by atoms with Crippen LogP contribution in [0, 0.1) is 6.92 Å². The zero-order valence-electron chi connectivity index (χ0n) is 15.0. The Morgan fingerprint density at radius 2 is 1.61 bits per heavy atom. The number of nitrogens with zero attached hydrogens (tertiary/aromatic N) is 3. The minimum absolute atomic E-state index is 0.0189. The third kappa shape index (κ3) is 3.39. The fourth-order valence-corrected chi connectivity index (χ4v) is 2.88. The standard InChI is InChI=1S/C20H16N4O4/c1-12-2-4-14(5-3-12)19-22-23-20(28-19)21-18(27)13-6-8-15(9-7-13)24-16(25)10-11-17(24)26/h2-9H,10-11H2,1H3,(H,21,23,27). The third-order valence-corrected chi connectivity index (χ3v) is 4.38. The number of nitrogens with one attached hydrogen (secondary N) is 1. The molecule has 140 valence electrons. The highest BCUT2D eigenvalue weighted by atomic mass is 16.4. The molecule has 3 amide bonds. The number of carbonyl (C=O) groups excluding carboxylic acids is 3. The van der Waals surface area contributed by atoms with Crippen molar-refractivity contribution in [3.8, 4) is 11.5 Å². The van der Waals surface area contributed by atoms with Crippen LogP contribution in [0.25, 0.3) is 11.5 Å². The lowest BCUT2D eigenvalue weighted by atomic mass is 10.1. The third-order valence-electron chi connectivity index (χ3n) is 4.38. The van der Waals surface area contributed by atoms with Crippen LogP contribution in [0.3, 0.4) is 0 Å². The van der Waals surface area contributed by atoms with Gasteiger partial charge < -0.3 is 4.42 Å². The summed E-state index contributed by atoms with van der Waals surface area (Å²) in [6.45, 7) is 1.98. The first-order valence-electron chi connectivity index (χ1n) is 8.69. The SMILES string of the molecule is Cc1ccc(-c2nnc(NC(=O)c3ccc(N4C(=O)CCC4=O)cc3)o2)cc1. The molecule has 0 saturated carbocycles. The van der Waals surface area contributed by atoms with Crippen molar-refractivity contribution >= 4 is 29.4 Å². The molecule has 1 aliphatic heterocycles. The second kappa shape index (κ2) is 7.07. The Labute approximate surface area is 160 Å². The second-order valence-electron chi connectivity index (χ2n) is 6.40. The lowest BCUT2D eigenvalue weighted by Crippen LogP contribution is -2.28. The molecule has 0 bridgehead atoms. The van der Waals surface area contributed by atoms with E-state index in [-0.39, 0.29) is 30.7 Å². The van der Waals surface area contributed by atoms with E-state index in [9.17, 15) is 14.4 Å². The average Bonchev–Trinajstić information content (AvgIpc) is 3.29. The molecule has 2 heterocycles. The van der Waals surface area contributed by atoms with Crippen molar-refractivity contribution < 1.29 is 18.8 Å². The summed E-state index contributed by atoms with van der Waals surface area (Å²) in [5.41, 5.74) is 2.64. The molecule has 8 heteroatoms. The maximum absolute atomic E-state index is 12.4. The van der Waals surface area contributed by atoms with Gasteiger partial charge in [-0.2, -0.15) is 0 Å². The first-order valence-corrected chi connectivity index (χ1v) is 8.69. The second-order valence-corrected chi connectivity index (χ2v) is 6.40. The van der Waals surface area contributed by atoms with E-state index in [0.717, 1.165) is 16.0 Å². The number of rotatable bonds is 4. The molecular formula is C20H16N4O4. The van der Waals surface area contributed by atoms with Crippen LogP contribution in [0.4, 0.5) is 11.7 Å². The van der Waals surface area contributed by atoms with Gasteiger partial charge in [0.1, 0.15) is 0 Å². The predicted octanol–water partition coefficient (Wildman–Crippen LogP) is 2.95. The van der Waals surface area contributed by atoms with Gasteiger partial charge >= 0.3 is 6.01 Å². The van der Waals surface area contributed by atoms with Crippen LogP contribution >= 0.6 is 0 Å². The van der Waals surface area contributed by atoms with E-state index in [4.69, 9.17) is 4.42 Å². The summed E-state index contributed by atoms with van der Waals surface area (Å²) >= 11 is 0. The highest BCUT2D eigenvalue weighted by Gasteiger charge is 2.30. The van der Waals surface area contributed by atoms with E-state index in [1.54, 1.807) is 12.1 Å². The summed E-state index contributed by atoms with van der Waals surface area (Å²) in [6, 6.07) is 13.7. The number of amides is 3. The van der Waals surface area contributed by atoms with Gasteiger partial charge in [-0.25, -0.2) is 0 Å². The fraction of sp³-hybridized carbons (Fsp3) is 0.150. The van der Waals surface area contributed by atoms with E-state index in [2.05, 4.69) is 15.5 Å². The van der Waals surface area contributed by atoms with Crippen LogP contribution < -0.4 is 10.2 Å². The lowest BCUT2D eigenvalue weighted by Gasteiger charge is -2.13. The molecular weight excluding hydrogens is 360 g/mol. The van der Waals surface area contributed by atoms with E-state index >= 15 is 0 Å². The monoisotopic (exact) mass is 376 g/mol. The summed E-state index contributed by atoms with van der Waals surface area (Å²) in [5.74, 6) is -0.616. The topological polar surface area (TPSA) is 105 Å². The number of imide groups is 1. The van der Waals surface area contributed by atoms with Crippen LogP contribution in [0.15, 0.2) is 52.9 Å². The molecule has 0 atom stereocenters. The van der Waals surface area contributed by atoms with E-state index in [0.29, 0.717) is 17.1 Å². The molecule has 1 aromatic heterocycles. The van der Waals surface area contributed by atoms with Crippen LogP contribution in [-0.2, 0) is 9.59 Å². The van der Waals surface area contributed by atoms with E-state index in [1.165, 1.54) is 12.1 Å². The first-order chi connectivity index (χ1) is 13.5. The van der Waals surface area contributed by atoms with Gasteiger partial charge in [-0.05, 0) is 43.3 Å². The predicted molar refractivity (Wildman–Crippen MR) is 101 cm³/mol. The van der Waals surface area contributed by atoms with Gasteiger partial charge in [-0.1, -0.05) is 22.8 Å². The minimum atomic E-state index is -0.440. The smallest absolute Gasteiger partial charge is 0.322 e. The van der Waals surface area contributed by atoms with Gasteiger partial charge in [0, 0.05) is 24.0 Å². The normalized spacial score (nSPS) is 13.8. The number of hydrogen-bond acceptors (Lipinski definition) is 6. The quantitative estimate of drug-likeness (QED) is 0.702. The number of anilines is 2. The Balaban J connectivity index is 1.46. The number of hydrogen-bond donors (Lipinski definition) is 1. The number of aromatic nitrogens is 2. The van der Waals surface area contributed by atoms with Crippen LogP contribution in [0.2, 0.25) is 0 Å². The molecule has 8 nitrogen and oxygen atoms in total. The molecule has 0 spiro atoms. The molecule has 1 aliphatic rings. The Morgan fingerprint density at radius 1 is 0.964 bits per heavy atom. The van der Waals surface area contributed by atoms with Gasteiger partial charge in [-0.15, -0.1) is 5.10 Å². The first kappa shape index (κ1) is 17.6. The maximum Gasteiger partial charge on any atom is 0.322 e. The van der Waals surface area contributed by atoms with Crippen molar-refractivity contribution in [2.75, 3.05) is 10.2 Å². The van der Waals surface area contributed by atoms with Crippen molar-refractivity contribution in [2.24, 2.45) is 0 Å². The number of aryl methyl sites for hydroxylation is 1. The molecule has 1 N–H and O–H groups in total. The lowest BCUT2D eigenvalue weighted by molar-refractivity contribution is -0.121. The van der Waals surface area contributed by atoms with Crippen LogP contribution in [0.1, 0.15) is 28.8 Å². The number of carbonyl (C=O) groups is 3. The molecule has 3 aromatic rings. The van der Waals surface area contributed by atoms with Crippen molar-refractivity contribution in [3.63, 3.8) is 0 Å². The Kier molecular flexibility index (Phi) is 4.44. The Hall–Kier alpha value is -3.81. The Bertz CT molecular complexity index is 1040. The summed E-state index contributed by atoms with van der Waals surface area (Å²) in [5, 5.41) is 10.3. The fourth-order valence-electron chi connectivity index (χ4n) is 2.88. The van der Waals surface area contributed by atoms with Gasteiger partial charge in [-0.3, -0.25) is 24.6 Å². The zero-order chi connectivity index (χ0) is 19.7. The molecule has 0 radical (unpaired) electrons. The van der Waals surface area contributed by atoms with Crippen molar-refractivity contribution in [1.29, 1.82) is 0 Å². The Morgan fingerprint density at radius 3 is 2.25 bits per heavy atom. The zero-order valence-corrected chi connectivity index (χ0v) is 15.0. The molecule has 0 aliphatic carbocycles. The molecule has 1 saturated heterocycles. The summed E-state index contributed by atoms with van der Waals surface area (Å²) in [4.78, 5) is 37.1. The molecule has 0 unspecified atom stereocenters. The molecule has 2 aromatic carbocycles. The van der Waals surface area contributed by atoms with Crippen LogP contribution in [-0.4, -0.2) is 27.9 Å².